The summed E-state index contributed by atoms with van der Waals surface area (Å²) >= 11 is 0. The highest BCUT2D eigenvalue weighted by Gasteiger charge is 2.72. The van der Waals surface area contributed by atoms with E-state index in [1.807, 2.05) is 0 Å². The van der Waals surface area contributed by atoms with Gasteiger partial charge in [0.2, 0.25) is 0 Å². The van der Waals surface area contributed by atoms with Gasteiger partial charge in [-0.15, -0.1) is 0 Å². The summed E-state index contributed by atoms with van der Waals surface area (Å²) in [6.07, 6.45) is -11.0. The Kier molecular flexibility index (Phi) is 12.2. The first-order chi connectivity index (χ1) is 19.2. The van der Waals surface area contributed by atoms with Gasteiger partial charge in [-0.2, -0.15) is 30.7 Å². The van der Waals surface area contributed by atoms with Crippen LogP contribution in [0, 0.1) is 0 Å². The summed E-state index contributed by atoms with van der Waals surface area (Å²) in [7, 11) is 0. The van der Waals surface area contributed by atoms with Crippen molar-refractivity contribution in [2.24, 2.45) is 0 Å². The van der Waals surface area contributed by atoms with Gasteiger partial charge in [0, 0.05) is 26.0 Å². The molecular weight excluding hydrogens is 567 g/mol. The lowest BCUT2D eigenvalue weighted by Crippen LogP contribution is -2.51. The molecule has 2 aromatic rings. The third-order valence-electron chi connectivity index (χ3n) is 5.81. The van der Waals surface area contributed by atoms with E-state index in [2.05, 4.69) is 0 Å². The van der Waals surface area contributed by atoms with Crippen LogP contribution in [0.5, 0.6) is 11.5 Å². The number of rotatable bonds is 16. The van der Waals surface area contributed by atoms with Crippen LogP contribution in [-0.4, -0.2) is 72.5 Å². The normalized spacial score (nSPS) is 13.0. The second kappa shape index (κ2) is 14.9. The summed E-state index contributed by atoms with van der Waals surface area (Å²) < 4.78 is 107. The number of nitrogens with zero attached hydrogens (tertiary/aromatic N) is 1. The van der Waals surface area contributed by atoms with E-state index in [9.17, 15) is 45.4 Å². The Hall–Kier alpha value is -3.55. The van der Waals surface area contributed by atoms with Crippen molar-refractivity contribution in [1.29, 1.82) is 0 Å². The standard InChI is InChI=1S/C27H30F7NO6/c1-2-39-22(23(36)37)18-19-10-12-20(13-11-19)40-17-16-35(24(38)41-21-8-4-3-5-9-21)15-7-6-14-25(28,29)26(30,31)27(32,33)34/h3-5,8-13,22H,2,6-7,14-18H2,1H3,(H,36,37). The van der Waals surface area contributed by atoms with Gasteiger partial charge in [0.15, 0.2) is 6.10 Å². The molecule has 14 heteroatoms. The number of carboxylic acids is 1. The molecule has 1 amide bonds. The molecule has 1 unspecified atom stereocenters. The molecule has 0 fully saturated rings. The average molecular weight is 598 g/mol. The summed E-state index contributed by atoms with van der Waals surface area (Å²) in [4.78, 5) is 25.0. The number of carbonyl (C=O) groups excluding carboxylic acids is 1. The van der Waals surface area contributed by atoms with Crippen molar-refractivity contribution < 1.29 is 59.6 Å². The number of unbranched alkanes of at least 4 members (excludes halogenated alkanes) is 1. The Bertz CT molecular complexity index is 1100. The van der Waals surface area contributed by atoms with E-state index in [0.29, 0.717) is 11.3 Å². The largest absolute Gasteiger partial charge is 0.492 e. The van der Waals surface area contributed by atoms with Crippen molar-refractivity contribution in [2.75, 3.05) is 26.3 Å². The molecule has 41 heavy (non-hydrogen) atoms. The molecule has 7 nitrogen and oxygen atoms in total. The molecular formula is C27H30F7NO6. The minimum Gasteiger partial charge on any atom is -0.492 e. The average Bonchev–Trinajstić information content (AvgIpc) is 2.90. The third-order valence-corrected chi connectivity index (χ3v) is 5.81. The highest BCUT2D eigenvalue weighted by molar-refractivity contribution is 5.72. The van der Waals surface area contributed by atoms with Crippen molar-refractivity contribution >= 4 is 12.1 Å². The van der Waals surface area contributed by atoms with Gasteiger partial charge in [-0.05, 0) is 49.6 Å². The van der Waals surface area contributed by atoms with Gasteiger partial charge in [-0.1, -0.05) is 30.3 Å². The van der Waals surface area contributed by atoms with E-state index in [4.69, 9.17) is 14.2 Å². The van der Waals surface area contributed by atoms with E-state index in [-0.39, 0.29) is 44.9 Å². The summed E-state index contributed by atoms with van der Waals surface area (Å²) in [5.41, 5.74) is 0.666. The van der Waals surface area contributed by atoms with Gasteiger partial charge < -0.3 is 24.2 Å². The summed E-state index contributed by atoms with van der Waals surface area (Å²) in [5, 5.41) is 9.20. The molecule has 0 heterocycles. The molecule has 0 aromatic heterocycles. The van der Waals surface area contributed by atoms with E-state index in [0.717, 1.165) is 4.90 Å². The minimum absolute atomic E-state index is 0.109. The number of amides is 1. The summed E-state index contributed by atoms with van der Waals surface area (Å²) in [5.74, 6) is -12.1. The van der Waals surface area contributed by atoms with Crippen molar-refractivity contribution in [3.8, 4) is 11.5 Å². The van der Waals surface area contributed by atoms with Crippen LogP contribution in [0.3, 0.4) is 0 Å². The minimum atomic E-state index is -6.40. The van der Waals surface area contributed by atoms with Gasteiger partial charge in [0.1, 0.15) is 18.1 Å². The Morgan fingerprint density at radius 1 is 0.878 bits per heavy atom. The van der Waals surface area contributed by atoms with Gasteiger partial charge in [-0.3, -0.25) is 0 Å². The molecule has 1 N–H and O–H groups in total. The maximum Gasteiger partial charge on any atom is 0.459 e. The number of carboxylic acid groups (broad SMARTS) is 1. The zero-order chi connectivity index (χ0) is 30.7. The van der Waals surface area contributed by atoms with Gasteiger partial charge in [0.25, 0.3) is 0 Å². The maximum absolute atomic E-state index is 13.6. The molecule has 2 aromatic carbocycles. The van der Waals surface area contributed by atoms with E-state index >= 15 is 0 Å². The second-order valence-corrected chi connectivity index (χ2v) is 8.88. The van der Waals surface area contributed by atoms with Gasteiger partial charge in [-0.25, -0.2) is 9.59 Å². The van der Waals surface area contributed by atoms with E-state index in [1.54, 1.807) is 49.4 Å². The second-order valence-electron chi connectivity index (χ2n) is 8.88. The lowest BCUT2D eigenvalue weighted by Gasteiger charge is -2.28. The number of benzene rings is 2. The van der Waals surface area contributed by atoms with Crippen LogP contribution in [0.25, 0.3) is 0 Å². The Labute approximate surface area is 231 Å². The van der Waals surface area contributed by atoms with Crippen LogP contribution in [0.4, 0.5) is 35.5 Å². The first kappa shape index (κ1) is 33.7. The highest BCUT2D eigenvalue weighted by atomic mass is 19.4. The van der Waals surface area contributed by atoms with Crippen LogP contribution < -0.4 is 9.47 Å². The van der Waals surface area contributed by atoms with Crippen molar-refractivity contribution in [1.82, 2.24) is 4.90 Å². The summed E-state index contributed by atoms with van der Waals surface area (Å²) in [6, 6.07) is 14.2. The molecule has 0 spiro atoms. The fourth-order valence-electron chi connectivity index (χ4n) is 3.59. The SMILES string of the molecule is CCOC(Cc1ccc(OCCN(CCCCC(F)(F)C(F)(F)C(F)(F)F)C(=O)Oc2ccccc2)cc1)C(=O)O. The lowest BCUT2D eigenvalue weighted by atomic mass is 10.0. The zero-order valence-electron chi connectivity index (χ0n) is 22.0. The van der Waals surface area contributed by atoms with Crippen molar-refractivity contribution in [2.45, 2.75) is 56.7 Å². The summed E-state index contributed by atoms with van der Waals surface area (Å²) in [6.45, 7) is 1.38. The molecule has 0 saturated carbocycles. The first-order valence-electron chi connectivity index (χ1n) is 12.6. The number of alkyl halides is 7. The number of carbonyl (C=O) groups is 2. The van der Waals surface area contributed by atoms with Crippen LogP contribution >= 0.6 is 0 Å². The number of hydrogen-bond acceptors (Lipinski definition) is 5. The smallest absolute Gasteiger partial charge is 0.459 e. The number of para-hydroxylation sites is 1. The number of ether oxygens (including phenoxy) is 3. The molecule has 0 aliphatic carbocycles. The Morgan fingerprint density at radius 2 is 1.51 bits per heavy atom. The van der Waals surface area contributed by atoms with E-state index in [1.165, 1.54) is 12.1 Å². The van der Waals surface area contributed by atoms with Gasteiger partial charge >= 0.3 is 30.1 Å². The van der Waals surface area contributed by atoms with Gasteiger partial charge in [0.05, 0.1) is 6.54 Å². The van der Waals surface area contributed by atoms with Crippen LogP contribution in [-0.2, 0) is 16.0 Å². The predicted octanol–water partition coefficient (Wildman–Crippen LogP) is 6.60. The number of hydrogen-bond donors (Lipinski definition) is 1. The van der Waals surface area contributed by atoms with Crippen LogP contribution in [0.15, 0.2) is 54.6 Å². The molecule has 0 radical (unpaired) electrons. The van der Waals surface area contributed by atoms with E-state index < -0.39 is 49.0 Å². The molecule has 0 aliphatic rings. The quantitative estimate of drug-likeness (QED) is 0.173. The fraction of sp³-hybridized carbons (Fsp3) is 0.481. The molecule has 2 rings (SSSR count). The molecule has 0 aliphatic heterocycles. The van der Waals surface area contributed by atoms with Crippen LogP contribution in [0.1, 0.15) is 31.7 Å². The molecule has 0 saturated heterocycles. The Balaban J connectivity index is 1.97. The van der Waals surface area contributed by atoms with Crippen molar-refractivity contribution in [3.63, 3.8) is 0 Å². The predicted molar refractivity (Wildman–Crippen MR) is 133 cm³/mol. The molecule has 228 valence electrons. The van der Waals surface area contributed by atoms with Crippen LogP contribution in [0.2, 0.25) is 0 Å². The number of halogens is 7. The fourth-order valence-corrected chi connectivity index (χ4v) is 3.59. The topological polar surface area (TPSA) is 85.3 Å². The Morgan fingerprint density at radius 3 is 2.07 bits per heavy atom. The first-order valence-corrected chi connectivity index (χ1v) is 12.6. The third kappa shape index (κ3) is 10.1. The lowest BCUT2D eigenvalue weighted by molar-refractivity contribution is -0.355. The molecule has 0 bridgehead atoms. The number of aliphatic carboxylic acids is 1. The maximum atomic E-state index is 13.6. The molecule has 1 atom stereocenters. The zero-order valence-corrected chi connectivity index (χ0v) is 22.0. The monoisotopic (exact) mass is 597 g/mol. The highest BCUT2D eigenvalue weighted by Crippen LogP contribution is 2.48. The van der Waals surface area contributed by atoms with Crippen molar-refractivity contribution in [3.05, 3.63) is 60.2 Å².